The molecule has 0 saturated carbocycles. The normalized spacial score (nSPS) is 10.7. The van der Waals surface area contributed by atoms with Crippen molar-refractivity contribution in [1.82, 2.24) is 5.32 Å². The van der Waals surface area contributed by atoms with Gasteiger partial charge in [0.05, 0.1) is 18.7 Å². The monoisotopic (exact) mass is 353 g/mol. The molecule has 0 spiro atoms. The van der Waals surface area contributed by atoms with E-state index in [0.717, 1.165) is 12.1 Å². The summed E-state index contributed by atoms with van der Waals surface area (Å²) in [6, 6.07) is 10.2. The van der Waals surface area contributed by atoms with E-state index in [9.17, 15) is 4.39 Å². The van der Waals surface area contributed by atoms with Gasteiger partial charge in [0.25, 0.3) is 0 Å². The fraction of sp³-hybridized carbons (Fsp3) is 0.333. The molecular weight excluding hydrogens is 333 g/mol. The molecule has 1 N–H and O–H groups in total. The number of benzene rings is 2. The highest BCUT2D eigenvalue weighted by atomic mass is 35.5. The summed E-state index contributed by atoms with van der Waals surface area (Å²) in [5, 5.41) is 3.60. The highest BCUT2D eigenvalue weighted by Gasteiger charge is 2.10. The quantitative estimate of drug-likeness (QED) is 0.696. The molecule has 130 valence electrons. The van der Waals surface area contributed by atoms with Crippen molar-refractivity contribution in [2.45, 2.75) is 13.2 Å². The van der Waals surface area contributed by atoms with Gasteiger partial charge in [0.2, 0.25) is 0 Å². The standard InChI is InChI=1S/C18H21ClFNO3/c1-22-9-8-21-11-13-6-7-17(18(10-13)23-2)24-12-14-15(19)4-3-5-16(14)20/h3-7,10,21H,8-9,11-12H2,1-2H3. The average Bonchev–Trinajstić information content (AvgIpc) is 2.59. The molecule has 0 fully saturated rings. The van der Waals surface area contributed by atoms with Gasteiger partial charge in [0.15, 0.2) is 11.5 Å². The lowest BCUT2D eigenvalue weighted by atomic mass is 10.2. The largest absolute Gasteiger partial charge is 0.493 e. The van der Waals surface area contributed by atoms with Crippen LogP contribution in [0, 0.1) is 5.82 Å². The fourth-order valence-electron chi connectivity index (χ4n) is 2.17. The number of hydrogen-bond acceptors (Lipinski definition) is 4. The molecule has 0 amide bonds. The Balaban J connectivity index is 2.02. The van der Waals surface area contributed by atoms with Gasteiger partial charge in [-0.05, 0) is 29.8 Å². The van der Waals surface area contributed by atoms with E-state index in [2.05, 4.69) is 5.32 Å². The molecule has 0 aliphatic rings. The minimum absolute atomic E-state index is 0.0350. The smallest absolute Gasteiger partial charge is 0.161 e. The van der Waals surface area contributed by atoms with Gasteiger partial charge in [0, 0.05) is 25.8 Å². The van der Waals surface area contributed by atoms with Crippen molar-refractivity contribution in [3.8, 4) is 11.5 Å². The van der Waals surface area contributed by atoms with E-state index in [1.54, 1.807) is 32.4 Å². The van der Waals surface area contributed by atoms with Crippen molar-refractivity contribution in [2.24, 2.45) is 0 Å². The first-order valence-corrected chi connectivity index (χ1v) is 7.95. The maximum atomic E-state index is 13.8. The maximum absolute atomic E-state index is 13.8. The van der Waals surface area contributed by atoms with Crippen molar-refractivity contribution in [1.29, 1.82) is 0 Å². The van der Waals surface area contributed by atoms with Crippen LogP contribution in [0.4, 0.5) is 4.39 Å². The van der Waals surface area contributed by atoms with Crippen molar-refractivity contribution < 1.29 is 18.6 Å². The Morgan fingerprint density at radius 2 is 1.96 bits per heavy atom. The Hall–Kier alpha value is -1.82. The van der Waals surface area contributed by atoms with Gasteiger partial charge in [0.1, 0.15) is 12.4 Å². The second kappa shape index (κ2) is 9.47. The highest BCUT2D eigenvalue weighted by Crippen LogP contribution is 2.30. The Morgan fingerprint density at radius 1 is 1.12 bits per heavy atom. The molecule has 0 radical (unpaired) electrons. The number of ether oxygens (including phenoxy) is 3. The number of rotatable bonds is 9. The van der Waals surface area contributed by atoms with Crippen LogP contribution in [-0.4, -0.2) is 27.4 Å². The van der Waals surface area contributed by atoms with E-state index in [-0.39, 0.29) is 12.4 Å². The molecule has 2 rings (SSSR count). The summed E-state index contributed by atoms with van der Waals surface area (Å²) >= 11 is 6.01. The van der Waals surface area contributed by atoms with E-state index >= 15 is 0 Å². The van der Waals surface area contributed by atoms with E-state index in [0.29, 0.717) is 35.2 Å². The second-order valence-electron chi connectivity index (χ2n) is 5.14. The van der Waals surface area contributed by atoms with Crippen LogP contribution in [0.1, 0.15) is 11.1 Å². The Labute approximate surface area is 146 Å². The first kappa shape index (κ1) is 18.5. The molecule has 0 unspecified atom stereocenters. The van der Waals surface area contributed by atoms with Crippen LogP contribution in [0.25, 0.3) is 0 Å². The van der Waals surface area contributed by atoms with E-state index < -0.39 is 0 Å². The van der Waals surface area contributed by atoms with Crippen LogP contribution >= 0.6 is 11.6 Å². The van der Waals surface area contributed by atoms with Gasteiger partial charge < -0.3 is 19.5 Å². The Bertz CT molecular complexity index is 646. The van der Waals surface area contributed by atoms with Crippen LogP contribution in [-0.2, 0) is 17.9 Å². The van der Waals surface area contributed by atoms with Gasteiger partial charge in [-0.1, -0.05) is 23.7 Å². The van der Waals surface area contributed by atoms with Crippen molar-refractivity contribution in [3.05, 3.63) is 58.4 Å². The van der Waals surface area contributed by atoms with Gasteiger partial charge in [-0.15, -0.1) is 0 Å². The van der Waals surface area contributed by atoms with Crippen molar-refractivity contribution in [2.75, 3.05) is 27.4 Å². The molecule has 0 saturated heterocycles. The van der Waals surface area contributed by atoms with Gasteiger partial charge in [-0.25, -0.2) is 4.39 Å². The molecule has 4 nitrogen and oxygen atoms in total. The minimum atomic E-state index is -0.388. The van der Waals surface area contributed by atoms with Crippen LogP contribution in [0.2, 0.25) is 5.02 Å². The first-order chi connectivity index (χ1) is 11.7. The van der Waals surface area contributed by atoms with Crippen molar-refractivity contribution in [3.63, 3.8) is 0 Å². The van der Waals surface area contributed by atoms with Crippen LogP contribution in [0.3, 0.4) is 0 Å². The summed E-state index contributed by atoms with van der Waals surface area (Å²) in [5.41, 5.74) is 1.38. The van der Waals surface area contributed by atoms with Gasteiger partial charge in [-0.3, -0.25) is 0 Å². The minimum Gasteiger partial charge on any atom is -0.493 e. The SMILES string of the molecule is COCCNCc1ccc(OCc2c(F)cccc2Cl)c(OC)c1. The molecule has 0 aliphatic carbocycles. The molecule has 2 aromatic rings. The topological polar surface area (TPSA) is 39.7 Å². The van der Waals surface area contributed by atoms with E-state index in [1.165, 1.54) is 6.07 Å². The summed E-state index contributed by atoms with van der Waals surface area (Å²) in [7, 11) is 3.24. The predicted molar refractivity (Wildman–Crippen MR) is 92.3 cm³/mol. The molecule has 0 aliphatic heterocycles. The van der Waals surface area contributed by atoms with Crippen LogP contribution in [0.15, 0.2) is 36.4 Å². The zero-order valence-corrected chi connectivity index (χ0v) is 14.5. The molecule has 2 aromatic carbocycles. The molecular formula is C18H21ClFNO3. The molecule has 0 bridgehead atoms. The molecule has 0 heterocycles. The number of halogens is 2. The fourth-order valence-corrected chi connectivity index (χ4v) is 2.39. The average molecular weight is 354 g/mol. The number of hydrogen-bond donors (Lipinski definition) is 1. The first-order valence-electron chi connectivity index (χ1n) is 7.58. The number of nitrogens with one attached hydrogen (secondary N) is 1. The molecule has 24 heavy (non-hydrogen) atoms. The second-order valence-corrected chi connectivity index (χ2v) is 5.55. The molecule has 0 aromatic heterocycles. The third-order valence-electron chi connectivity index (χ3n) is 3.47. The zero-order valence-electron chi connectivity index (χ0n) is 13.8. The highest BCUT2D eigenvalue weighted by molar-refractivity contribution is 6.31. The molecule has 0 atom stereocenters. The van der Waals surface area contributed by atoms with Crippen LogP contribution < -0.4 is 14.8 Å². The summed E-state index contributed by atoms with van der Waals surface area (Å²) in [6.45, 7) is 2.15. The van der Waals surface area contributed by atoms with E-state index in [4.69, 9.17) is 25.8 Å². The zero-order chi connectivity index (χ0) is 17.4. The lowest BCUT2D eigenvalue weighted by molar-refractivity contribution is 0.199. The lowest BCUT2D eigenvalue weighted by Gasteiger charge is -2.13. The number of methoxy groups -OCH3 is 2. The summed E-state index contributed by atoms with van der Waals surface area (Å²) in [6.07, 6.45) is 0. The predicted octanol–water partition coefficient (Wildman–Crippen LogP) is 3.80. The lowest BCUT2D eigenvalue weighted by Crippen LogP contribution is -2.18. The third-order valence-corrected chi connectivity index (χ3v) is 3.83. The third kappa shape index (κ3) is 5.09. The van der Waals surface area contributed by atoms with Crippen LogP contribution in [0.5, 0.6) is 11.5 Å². The van der Waals surface area contributed by atoms with Crippen molar-refractivity contribution >= 4 is 11.6 Å². The maximum Gasteiger partial charge on any atom is 0.161 e. The molecule has 6 heteroatoms. The van der Waals surface area contributed by atoms with E-state index in [1.807, 2.05) is 12.1 Å². The summed E-state index contributed by atoms with van der Waals surface area (Å²) < 4.78 is 29.8. The Morgan fingerprint density at radius 3 is 2.67 bits per heavy atom. The van der Waals surface area contributed by atoms with Gasteiger partial charge >= 0.3 is 0 Å². The Kier molecular flexibility index (Phi) is 7.31. The summed E-state index contributed by atoms with van der Waals surface area (Å²) in [4.78, 5) is 0. The van der Waals surface area contributed by atoms with Gasteiger partial charge in [-0.2, -0.15) is 0 Å². The summed E-state index contributed by atoms with van der Waals surface area (Å²) in [5.74, 6) is 0.742.